The predicted molar refractivity (Wildman–Crippen MR) is 49.5 cm³/mol. The third kappa shape index (κ3) is 3.77. The summed E-state index contributed by atoms with van der Waals surface area (Å²) in [5.41, 5.74) is -1.24. The van der Waals surface area contributed by atoms with E-state index in [9.17, 15) is 22.0 Å². The van der Waals surface area contributed by atoms with Gasteiger partial charge in [0, 0.05) is 16.1 Å². The zero-order valence-electron chi connectivity index (χ0n) is 7.93. The molecular weight excluding hydrogens is 317 g/mol. The van der Waals surface area contributed by atoms with Crippen LogP contribution >= 0.6 is 15.9 Å². The molecule has 1 aromatic rings. The van der Waals surface area contributed by atoms with E-state index in [0.29, 0.717) is 0 Å². The quantitative estimate of drug-likeness (QED) is 0.869. The van der Waals surface area contributed by atoms with Gasteiger partial charge in [-0.3, -0.25) is 0 Å². The van der Waals surface area contributed by atoms with E-state index in [1.165, 1.54) is 0 Å². The Balaban J connectivity index is 3.20. The Labute approximate surface area is 100 Å². The molecule has 0 bridgehead atoms. The number of halogens is 6. The molecule has 0 unspecified atom stereocenters. The van der Waals surface area contributed by atoms with Crippen LogP contribution in [0.1, 0.15) is 17.7 Å². The van der Waals surface area contributed by atoms with Gasteiger partial charge in [-0.05, 0) is 0 Å². The lowest BCUT2D eigenvalue weighted by Crippen LogP contribution is -2.18. The van der Waals surface area contributed by atoms with Crippen LogP contribution in [0.15, 0.2) is 10.5 Å². The minimum absolute atomic E-state index is 0.135. The lowest BCUT2D eigenvalue weighted by Gasteiger charge is -2.12. The van der Waals surface area contributed by atoms with Gasteiger partial charge in [0.05, 0.1) is 6.61 Å². The normalized spacial score (nSPS) is 12.0. The minimum atomic E-state index is -5.02. The van der Waals surface area contributed by atoms with Crippen LogP contribution in [0.4, 0.5) is 22.0 Å². The van der Waals surface area contributed by atoms with Crippen LogP contribution in [0.5, 0.6) is 5.88 Å². The smallest absolute Gasteiger partial charge is 0.392 e. The van der Waals surface area contributed by atoms with Gasteiger partial charge in [-0.25, -0.2) is 13.8 Å². The number of hydrogen-bond acceptors (Lipinski definition) is 3. The molecular formula is C8H5BrF5NO2. The van der Waals surface area contributed by atoms with Crippen LogP contribution < -0.4 is 4.74 Å². The second-order valence-electron chi connectivity index (χ2n) is 2.81. The zero-order valence-corrected chi connectivity index (χ0v) is 9.52. The summed E-state index contributed by atoms with van der Waals surface area (Å²) in [5, 5.41) is 8.81. The number of aliphatic hydroxyl groups is 1. The van der Waals surface area contributed by atoms with Crippen LogP contribution in [0, 0.1) is 0 Å². The van der Waals surface area contributed by atoms with Gasteiger partial charge in [-0.1, -0.05) is 15.9 Å². The molecule has 0 atom stereocenters. The molecule has 17 heavy (non-hydrogen) atoms. The summed E-state index contributed by atoms with van der Waals surface area (Å²) in [4.78, 5) is 3.01. The molecule has 3 nitrogen and oxygen atoms in total. The van der Waals surface area contributed by atoms with Gasteiger partial charge in [0.2, 0.25) is 5.88 Å². The van der Waals surface area contributed by atoms with Crippen LogP contribution in [0.3, 0.4) is 0 Å². The van der Waals surface area contributed by atoms with Crippen molar-refractivity contribution in [2.24, 2.45) is 0 Å². The monoisotopic (exact) mass is 321 g/mol. The Morgan fingerprint density at radius 2 is 2.00 bits per heavy atom. The number of ether oxygens (including phenoxy) is 1. The van der Waals surface area contributed by atoms with Crippen molar-refractivity contribution in [3.63, 3.8) is 0 Å². The van der Waals surface area contributed by atoms with Crippen molar-refractivity contribution in [2.75, 3.05) is 0 Å². The van der Waals surface area contributed by atoms with Crippen molar-refractivity contribution >= 4 is 15.9 Å². The van der Waals surface area contributed by atoms with Crippen LogP contribution in [-0.2, 0) is 6.61 Å². The second-order valence-corrected chi connectivity index (χ2v) is 3.67. The first-order chi connectivity index (χ1) is 7.74. The van der Waals surface area contributed by atoms with Crippen molar-refractivity contribution in [1.82, 2.24) is 4.98 Å². The molecule has 1 rings (SSSR count). The molecule has 96 valence electrons. The summed E-state index contributed by atoms with van der Waals surface area (Å²) >= 11 is 2.75. The Bertz CT molecular complexity index is 410. The second kappa shape index (κ2) is 5.13. The highest BCUT2D eigenvalue weighted by Crippen LogP contribution is 2.32. The standard InChI is InChI=1S/C8H5BrF5NO2/c9-4-1-5(17-8(12,13)14)15-6(7(10)11)3(4)2-16/h1,7,16H,2H2. The Hall–Kier alpha value is -0.960. The highest BCUT2D eigenvalue weighted by atomic mass is 79.9. The third-order valence-corrected chi connectivity index (χ3v) is 2.37. The summed E-state index contributed by atoms with van der Waals surface area (Å²) in [7, 11) is 0. The SMILES string of the molecule is OCc1c(Br)cc(OC(F)(F)F)nc1C(F)F. The summed E-state index contributed by atoms with van der Waals surface area (Å²) in [6.45, 7) is -0.778. The van der Waals surface area contributed by atoms with E-state index in [1.807, 2.05) is 0 Å². The Morgan fingerprint density at radius 3 is 2.41 bits per heavy atom. The molecule has 0 amide bonds. The fourth-order valence-corrected chi connectivity index (χ4v) is 1.57. The molecule has 0 spiro atoms. The summed E-state index contributed by atoms with van der Waals surface area (Å²) in [6.07, 6.45) is -8.14. The summed E-state index contributed by atoms with van der Waals surface area (Å²) < 4.78 is 63.9. The van der Waals surface area contributed by atoms with Crippen molar-refractivity contribution in [3.05, 3.63) is 21.8 Å². The predicted octanol–water partition coefficient (Wildman–Crippen LogP) is 3.17. The largest absolute Gasteiger partial charge is 0.574 e. The number of aromatic nitrogens is 1. The molecule has 9 heteroatoms. The number of hydrogen-bond donors (Lipinski definition) is 1. The third-order valence-electron chi connectivity index (χ3n) is 1.66. The van der Waals surface area contributed by atoms with Crippen molar-refractivity contribution in [3.8, 4) is 5.88 Å². The van der Waals surface area contributed by atoms with Gasteiger partial charge in [-0.15, -0.1) is 13.2 Å². The van der Waals surface area contributed by atoms with E-state index >= 15 is 0 Å². The maximum Gasteiger partial charge on any atom is 0.574 e. The van der Waals surface area contributed by atoms with Crippen molar-refractivity contribution < 1.29 is 31.8 Å². The fraction of sp³-hybridized carbons (Fsp3) is 0.375. The van der Waals surface area contributed by atoms with E-state index in [1.54, 1.807) is 0 Å². The molecule has 0 aliphatic carbocycles. The highest BCUT2D eigenvalue weighted by Gasteiger charge is 2.33. The van der Waals surface area contributed by atoms with Gasteiger partial charge >= 0.3 is 6.36 Å². The van der Waals surface area contributed by atoms with Gasteiger partial charge in [0.25, 0.3) is 6.43 Å². The molecule has 1 heterocycles. The molecule has 0 saturated heterocycles. The number of pyridine rings is 1. The van der Waals surface area contributed by atoms with Gasteiger partial charge in [0.15, 0.2) is 0 Å². The first-order valence-electron chi connectivity index (χ1n) is 4.08. The average Bonchev–Trinajstić information content (AvgIpc) is 2.13. The number of alkyl halides is 5. The van der Waals surface area contributed by atoms with E-state index < -0.39 is 31.0 Å². The molecule has 0 aliphatic rings. The first kappa shape index (κ1) is 14.1. The van der Waals surface area contributed by atoms with Crippen molar-refractivity contribution in [2.45, 2.75) is 19.4 Å². The summed E-state index contributed by atoms with van der Waals surface area (Å²) in [6, 6.07) is 0.755. The van der Waals surface area contributed by atoms with Crippen LogP contribution in [-0.4, -0.2) is 16.5 Å². The maximum atomic E-state index is 12.5. The Morgan fingerprint density at radius 1 is 1.41 bits per heavy atom. The molecule has 0 radical (unpaired) electrons. The van der Waals surface area contributed by atoms with Gasteiger partial charge in [-0.2, -0.15) is 0 Å². The molecule has 1 aromatic heterocycles. The molecule has 0 aromatic carbocycles. The average molecular weight is 322 g/mol. The van der Waals surface area contributed by atoms with E-state index in [-0.39, 0.29) is 10.0 Å². The van der Waals surface area contributed by atoms with E-state index in [0.717, 1.165) is 6.07 Å². The first-order valence-corrected chi connectivity index (χ1v) is 4.88. The van der Waals surface area contributed by atoms with Crippen LogP contribution in [0.2, 0.25) is 0 Å². The fourth-order valence-electron chi connectivity index (χ4n) is 1.04. The lowest BCUT2D eigenvalue weighted by molar-refractivity contribution is -0.276. The van der Waals surface area contributed by atoms with Crippen molar-refractivity contribution in [1.29, 1.82) is 0 Å². The number of rotatable bonds is 3. The summed E-state index contributed by atoms with van der Waals surface area (Å²) in [5.74, 6) is -1.02. The maximum absolute atomic E-state index is 12.5. The molecule has 0 fully saturated rings. The van der Waals surface area contributed by atoms with Crippen LogP contribution in [0.25, 0.3) is 0 Å². The molecule has 0 saturated carbocycles. The lowest BCUT2D eigenvalue weighted by atomic mass is 10.2. The van der Waals surface area contributed by atoms with E-state index in [4.69, 9.17) is 5.11 Å². The Kier molecular flexibility index (Phi) is 4.26. The molecule has 1 N–H and O–H groups in total. The molecule has 0 aliphatic heterocycles. The van der Waals surface area contributed by atoms with E-state index in [2.05, 4.69) is 25.7 Å². The number of nitrogens with zero attached hydrogens (tertiary/aromatic N) is 1. The minimum Gasteiger partial charge on any atom is -0.392 e. The number of aliphatic hydroxyl groups excluding tert-OH is 1. The highest BCUT2D eigenvalue weighted by molar-refractivity contribution is 9.10. The topological polar surface area (TPSA) is 42.4 Å². The zero-order chi connectivity index (χ0) is 13.2. The van der Waals surface area contributed by atoms with Gasteiger partial charge in [0.1, 0.15) is 5.69 Å². The van der Waals surface area contributed by atoms with Gasteiger partial charge < -0.3 is 9.84 Å².